The average Bonchev–Trinajstić information content (AvgIpc) is 3.42. The van der Waals surface area contributed by atoms with Crippen molar-refractivity contribution in [2.45, 2.75) is 43.0 Å². The fourth-order valence-corrected chi connectivity index (χ4v) is 4.76. The van der Waals surface area contributed by atoms with Gasteiger partial charge in [-0.25, -0.2) is 18.0 Å². The molecule has 2 saturated heterocycles. The summed E-state index contributed by atoms with van der Waals surface area (Å²) in [4.78, 5) is 25.5. The zero-order valence-electron chi connectivity index (χ0n) is 16.5. The maximum absolute atomic E-state index is 15.4. The number of nitrogens with two attached hydrogens (primary N) is 1. The molecule has 3 fully saturated rings. The lowest BCUT2D eigenvalue weighted by atomic mass is 10.0. The Morgan fingerprint density at radius 1 is 1.39 bits per heavy atom. The van der Waals surface area contributed by atoms with Gasteiger partial charge in [0.1, 0.15) is 30.0 Å². The van der Waals surface area contributed by atoms with E-state index in [0.717, 1.165) is 23.8 Å². The topological polar surface area (TPSA) is 107 Å². The van der Waals surface area contributed by atoms with E-state index in [1.807, 2.05) is 0 Å². The second-order valence-electron chi connectivity index (χ2n) is 8.25. The van der Waals surface area contributed by atoms with Crippen LogP contribution in [0.5, 0.6) is 5.75 Å². The van der Waals surface area contributed by atoms with E-state index in [1.54, 1.807) is 4.57 Å². The van der Waals surface area contributed by atoms with Crippen molar-refractivity contribution in [1.82, 2.24) is 4.57 Å². The van der Waals surface area contributed by atoms with E-state index in [9.17, 15) is 23.5 Å². The van der Waals surface area contributed by atoms with Crippen LogP contribution in [0.25, 0.3) is 10.9 Å². The van der Waals surface area contributed by atoms with Crippen LogP contribution in [0.4, 0.5) is 18.9 Å². The monoisotopic (exact) mass is 439 g/mol. The van der Waals surface area contributed by atoms with Crippen LogP contribution in [0.1, 0.15) is 29.2 Å². The number of halogens is 3. The van der Waals surface area contributed by atoms with Gasteiger partial charge >= 0.3 is 5.97 Å². The molecule has 0 amide bonds. The van der Waals surface area contributed by atoms with Crippen molar-refractivity contribution in [3.63, 3.8) is 0 Å². The number of nitrogens with zero attached hydrogens (tertiary/aromatic N) is 2. The smallest absolute Gasteiger partial charge is 0.341 e. The highest BCUT2D eigenvalue weighted by Crippen LogP contribution is 2.48. The zero-order valence-corrected chi connectivity index (χ0v) is 16.5. The van der Waals surface area contributed by atoms with Crippen LogP contribution >= 0.6 is 0 Å². The van der Waals surface area contributed by atoms with Crippen molar-refractivity contribution in [2.24, 2.45) is 5.73 Å². The molecule has 3 N–H and O–H groups in total. The molecule has 3 aliphatic rings. The molecule has 3 unspecified atom stereocenters. The highest BCUT2D eigenvalue weighted by Gasteiger charge is 2.61. The third-order valence-corrected chi connectivity index (χ3v) is 6.24. The molecule has 2 aromatic rings. The summed E-state index contributed by atoms with van der Waals surface area (Å²) in [7, 11) is 1.25. The normalized spacial score (nSPS) is 27.0. The maximum Gasteiger partial charge on any atom is 0.341 e. The SMILES string of the molecule is COc1c(N2CC(N)C3OCC(F)(F)C32)c(F)cc2c(=O)c(C(=O)O)cn(C3CC3)c12. The van der Waals surface area contributed by atoms with Gasteiger partial charge in [-0.3, -0.25) is 4.79 Å². The van der Waals surface area contributed by atoms with Crippen LogP contribution in [0.2, 0.25) is 0 Å². The third-order valence-electron chi connectivity index (χ3n) is 6.24. The van der Waals surface area contributed by atoms with Gasteiger partial charge in [-0.05, 0) is 18.9 Å². The molecular formula is C20H20F3N3O5. The lowest BCUT2D eigenvalue weighted by Crippen LogP contribution is -2.46. The van der Waals surface area contributed by atoms with Crippen LogP contribution in [0, 0.1) is 5.82 Å². The number of aromatic carboxylic acids is 1. The molecule has 2 aliphatic heterocycles. The number of rotatable bonds is 4. The Morgan fingerprint density at radius 3 is 2.71 bits per heavy atom. The molecule has 1 aromatic heterocycles. The van der Waals surface area contributed by atoms with Crippen LogP contribution in [0.3, 0.4) is 0 Å². The second kappa shape index (κ2) is 6.60. The predicted octanol–water partition coefficient (Wildman–Crippen LogP) is 1.73. The summed E-state index contributed by atoms with van der Waals surface area (Å²) in [5.74, 6) is -5.76. The number of aromatic nitrogens is 1. The van der Waals surface area contributed by atoms with E-state index in [1.165, 1.54) is 13.3 Å². The van der Waals surface area contributed by atoms with E-state index < -0.39 is 53.5 Å². The fraction of sp³-hybridized carbons (Fsp3) is 0.500. The first-order chi connectivity index (χ1) is 14.7. The number of carboxylic acid groups (broad SMARTS) is 1. The van der Waals surface area contributed by atoms with E-state index >= 15 is 4.39 Å². The van der Waals surface area contributed by atoms with Gasteiger partial charge in [0.2, 0.25) is 5.43 Å². The van der Waals surface area contributed by atoms with Gasteiger partial charge in [0.25, 0.3) is 5.92 Å². The van der Waals surface area contributed by atoms with E-state index in [-0.39, 0.29) is 34.9 Å². The van der Waals surface area contributed by atoms with Crippen LogP contribution in [0.15, 0.2) is 17.1 Å². The van der Waals surface area contributed by atoms with Crippen LogP contribution in [-0.2, 0) is 4.74 Å². The van der Waals surface area contributed by atoms with Gasteiger partial charge in [0.05, 0.1) is 24.1 Å². The van der Waals surface area contributed by atoms with Gasteiger partial charge in [-0.15, -0.1) is 0 Å². The number of pyridine rings is 1. The fourth-order valence-electron chi connectivity index (χ4n) is 4.76. The third kappa shape index (κ3) is 2.83. The Balaban J connectivity index is 1.80. The summed E-state index contributed by atoms with van der Waals surface area (Å²) in [6.07, 6.45) is 1.70. The number of ether oxygens (including phenoxy) is 2. The van der Waals surface area contributed by atoms with Crippen molar-refractivity contribution in [1.29, 1.82) is 0 Å². The lowest BCUT2D eigenvalue weighted by Gasteiger charge is -2.31. The largest absolute Gasteiger partial charge is 0.492 e. The summed E-state index contributed by atoms with van der Waals surface area (Å²) in [6, 6.07) is -1.45. The summed E-state index contributed by atoms with van der Waals surface area (Å²) >= 11 is 0. The van der Waals surface area contributed by atoms with Crippen LogP contribution < -0.4 is 20.8 Å². The minimum absolute atomic E-state index is 0.0927. The lowest BCUT2D eigenvalue weighted by molar-refractivity contribution is -0.0214. The zero-order chi connectivity index (χ0) is 22.2. The number of carbonyl (C=O) groups is 1. The molecule has 3 heterocycles. The summed E-state index contributed by atoms with van der Waals surface area (Å²) in [6.45, 7) is -0.913. The molecule has 1 aliphatic carbocycles. The molecule has 0 radical (unpaired) electrons. The molecule has 31 heavy (non-hydrogen) atoms. The summed E-state index contributed by atoms with van der Waals surface area (Å²) < 4.78 is 56.8. The number of anilines is 1. The number of carboxylic acids is 1. The Morgan fingerprint density at radius 2 is 2.10 bits per heavy atom. The molecule has 8 nitrogen and oxygen atoms in total. The van der Waals surface area contributed by atoms with Gasteiger partial charge in [0.15, 0.2) is 11.6 Å². The molecule has 11 heteroatoms. The van der Waals surface area contributed by atoms with Gasteiger partial charge in [-0.2, -0.15) is 0 Å². The van der Waals surface area contributed by atoms with E-state index in [0.29, 0.717) is 0 Å². The molecule has 3 atom stereocenters. The average molecular weight is 439 g/mol. The predicted molar refractivity (Wildman–Crippen MR) is 104 cm³/mol. The first-order valence-corrected chi connectivity index (χ1v) is 9.86. The van der Waals surface area contributed by atoms with Gasteiger partial charge in [0, 0.05) is 18.8 Å². The van der Waals surface area contributed by atoms with Crippen molar-refractivity contribution in [3.05, 3.63) is 33.9 Å². The molecule has 0 bridgehead atoms. The Hall–Kier alpha value is -2.79. The Bertz CT molecular complexity index is 1160. The summed E-state index contributed by atoms with van der Waals surface area (Å²) in [5.41, 5.74) is 4.59. The first kappa shape index (κ1) is 20.1. The highest BCUT2D eigenvalue weighted by atomic mass is 19.3. The standard InChI is InChI=1S/C20H20F3N3O5/c1-30-17-13-9(15(27)10(19(28)29)5-25(13)8-2-3-8)4-11(21)14(17)26-6-12(24)16-18(26)20(22,23)7-31-16/h4-5,8,12,16,18H,2-3,6-7,24H2,1H3,(H,28,29). The number of methoxy groups -OCH3 is 1. The number of hydrogen-bond acceptors (Lipinski definition) is 6. The van der Waals surface area contributed by atoms with Crippen molar-refractivity contribution < 1.29 is 32.5 Å². The van der Waals surface area contributed by atoms with Crippen molar-refractivity contribution in [2.75, 3.05) is 25.2 Å². The highest BCUT2D eigenvalue weighted by molar-refractivity contribution is 5.97. The van der Waals surface area contributed by atoms with Gasteiger partial charge < -0.3 is 29.8 Å². The molecular weight excluding hydrogens is 419 g/mol. The van der Waals surface area contributed by atoms with Gasteiger partial charge in [-0.1, -0.05) is 0 Å². The van der Waals surface area contributed by atoms with Crippen molar-refractivity contribution >= 4 is 22.6 Å². The minimum Gasteiger partial charge on any atom is -0.492 e. The Labute approximate surface area is 173 Å². The number of hydrogen-bond donors (Lipinski definition) is 2. The molecule has 5 rings (SSSR count). The molecule has 1 saturated carbocycles. The van der Waals surface area contributed by atoms with Crippen LogP contribution in [-0.4, -0.2) is 60.0 Å². The number of fused-ring (bicyclic) bond motifs is 2. The minimum atomic E-state index is -3.26. The molecule has 0 spiro atoms. The number of benzene rings is 1. The second-order valence-corrected chi connectivity index (χ2v) is 8.25. The van der Waals surface area contributed by atoms with E-state index in [4.69, 9.17) is 15.2 Å². The van der Waals surface area contributed by atoms with E-state index in [2.05, 4.69) is 0 Å². The van der Waals surface area contributed by atoms with Crippen molar-refractivity contribution in [3.8, 4) is 5.75 Å². The summed E-state index contributed by atoms with van der Waals surface area (Å²) in [5, 5.41) is 9.23. The molecule has 1 aromatic carbocycles. The quantitative estimate of drug-likeness (QED) is 0.747. The maximum atomic E-state index is 15.4. The number of alkyl halides is 2. The first-order valence-electron chi connectivity index (χ1n) is 9.86. The molecule has 166 valence electrons. The Kier molecular flexibility index (Phi) is 4.29.